The number of methoxy groups -OCH3 is 1. The van der Waals surface area contributed by atoms with E-state index in [0.29, 0.717) is 38.0 Å². The Morgan fingerprint density at radius 3 is 2.27 bits per heavy atom. The molecule has 2 aliphatic heterocycles. The summed E-state index contributed by atoms with van der Waals surface area (Å²) in [5.41, 5.74) is 1.66. The Morgan fingerprint density at radius 2 is 1.56 bits per heavy atom. The van der Waals surface area contributed by atoms with Crippen molar-refractivity contribution in [3.05, 3.63) is 135 Å². The Morgan fingerprint density at radius 1 is 0.854 bits per heavy atom. The van der Waals surface area contributed by atoms with Gasteiger partial charge in [-0.15, -0.1) is 0 Å². The highest BCUT2D eigenvalue weighted by molar-refractivity contribution is 6.36. The molecule has 1 aliphatic carbocycles. The summed E-state index contributed by atoms with van der Waals surface area (Å²) >= 11 is 13.2. The molecule has 2 heterocycles. The maximum Gasteiger partial charge on any atom is 0.186 e. The van der Waals surface area contributed by atoms with Crippen molar-refractivity contribution >= 4 is 52.3 Å². The summed E-state index contributed by atoms with van der Waals surface area (Å²) in [5.74, 6) is -1.26. The minimum atomic E-state index is -1.63. The maximum atomic E-state index is 14.8. The molecular weight excluding hydrogens is 557 g/mol. The summed E-state index contributed by atoms with van der Waals surface area (Å²) in [5, 5.41) is 0.704. The van der Waals surface area contributed by atoms with E-state index in [9.17, 15) is 14.4 Å². The number of ketones is 3. The van der Waals surface area contributed by atoms with Crippen molar-refractivity contribution in [2.75, 3.05) is 12.0 Å². The van der Waals surface area contributed by atoms with Gasteiger partial charge >= 0.3 is 0 Å². The van der Waals surface area contributed by atoms with Gasteiger partial charge in [-0.3, -0.25) is 14.4 Å². The van der Waals surface area contributed by atoms with Gasteiger partial charge in [-0.1, -0.05) is 96.0 Å². The monoisotopic (exact) mass is 579 g/mol. The first-order chi connectivity index (χ1) is 19.9. The molecule has 4 aromatic rings. The van der Waals surface area contributed by atoms with E-state index in [1.165, 1.54) is 0 Å². The maximum absolute atomic E-state index is 14.8. The predicted molar refractivity (Wildman–Crippen MR) is 160 cm³/mol. The average Bonchev–Trinajstić information content (AvgIpc) is 3.43. The molecule has 5 nitrogen and oxygen atoms in total. The van der Waals surface area contributed by atoms with Gasteiger partial charge in [0.2, 0.25) is 0 Å². The second kappa shape index (κ2) is 9.44. The summed E-state index contributed by atoms with van der Waals surface area (Å²) in [6, 6.07) is 24.8. The first-order valence-electron chi connectivity index (χ1n) is 13.3. The van der Waals surface area contributed by atoms with Crippen LogP contribution in [0.5, 0.6) is 5.75 Å². The lowest BCUT2D eigenvalue weighted by Gasteiger charge is -2.37. The SMILES string of the molecule is COc1cccc(C(=O)[C@@H]2[C@@H](c3ccc(Cl)cc3Cl)C3(C(=O)c4ccccc4C3=O)[C@H]3C=Cc4ccccc4N23)c1. The second-order valence-corrected chi connectivity index (χ2v) is 11.4. The molecule has 0 amide bonds. The van der Waals surface area contributed by atoms with Gasteiger partial charge < -0.3 is 9.64 Å². The number of hydrogen-bond acceptors (Lipinski definition) is 5. The minimum absolute atomic E-state index is 0.247. The number of para-hydroxylation sites is 1. The zero-order valence-electron chi connectivity index (χ0n) is 21.9. The average molecular weight is 580 g/mol. The van der Waals surface area contributed by atoms with Gasteiger partial charge in [-0.05, 0) is 41.5 Å². The number of anilines is 1. The molecule has 202 valence electrons. The molecule has 0 saturated carbocycles. The molecule has 0 bridgehead atoms. The number of carbonyl (C=O) groups is 3. The zero-order valence-corrected chi connectivity index (χ0v) is 23.4. The van der Waals surface area contributed by atoms with Crippen molar-refractivity contribution in [2.24, 2.45) is 5.41 Å². The smallest absolute Gasteiger partial charge is 0.186 e. The number of rotatable bonds is 4. The van der Waals surface area contributed by atoms with Crippen LogP contribution in [0, 0.1) is 5.41 Å². The molecule has 3 aliphatic rings. The van der Waals surface area contributed by atoms with Gasteiger partial charge in [0.15, 0.2) is 17.3 Å². The Kier molecular flexibility index (Phi) is 5.93. The number of Topliss-reactive ketones (excluding diaryl/α,β-unsaturated/α-hetero) is 3. The van der Waals surface area contributed by atoms with Gasteiger partial charge in [-0.25, -0.2) is 0 Å². The number of halogens is 2. The van der Waals surface area contributed by atoms with E-state index >= 15 is 0 Å². The molecule has 0 N–H and O–H groups in total. The molecular formula is C34H23Cl2NO4. The van der Waals surface area contributed by atoms with Crippen LogP contribution in [0.3, 0.4) is 0 Å². The highest BCUT2D eigenvalue weighted by Gasteiger charge is 2.71. The lowest BCUT2D eigenvalue weighted by molar-refractivity contribution is 0.0666. The number of nitrogens with zero attached hydrogens (tertiary/aromatic N) is 1. The molecule has 4 aromatic carbocycles. The first kappa shape index (κ1) is 25.8. The van der Waals surface area contributed by atoms with E-state index in [4.69, 9.17) is 27.9 Å². The van der Waals surface area contributed by atoms with Crippen molar-refractivity contribution in [1.29, 1.82) is 0 Å². The molecule has 0 radical (unpaired) electrons. The topological polar surface area (TPSA) is 63.7 Å². The van der Waals surface area contributed by atoms with Crippen LogP contribution in [0.15, 0.2) is 97.1 Å². The van der Waals surface area contributed by atoms with E-state index in [1.54, 1.807) is 73.8 Å². The highest BCUT2D eigenvalue weighted by atomic mass is 35.5. The van der Waals surface area contributed by atoms with Crippen molar-refractivity contribution in [2.45, 2.75) is 18.0 Å². The van der Waals surface area contributed by atoms with E-state index < -0.39 is 23.4 Å². The van der Waals surface area contributed by atoms with Crippen molar-refractivity contribution in [3.8, 4) is 5.75 Å². The second-order valence-electron chi connectivity index (χ2n) is 10.5. The van der Waals surface area contributed by atoms with Crippen LogP contribution in [0.1, 0.15) is 48.1 Å². The molecule has 1 fully saturated rings. The van der Waals surface area contributed by atoms with Gasteiger partial charge in [0.05, 0.1) is 13.2 Å². The summed E-state index contributed by atoms with van der Waals surface area (Å²) in [4.78, 5) is 46.1. The molecule has 1 spiro atoms. The third-order valence-electron chi connectivity index (χ3n) is 8.63. The third kappa shape index (κ3) is 3.52. The molecule has 7 heteroatoms. The fraction of sp³-hybridized carbons (Fsp3) is 0.147. The van der Waals surface area contributed by atoms with Gasteiger partial charge in [0.25, 0.3) is 0 Å². The van der Waals surface area contributed by atoms with E-state index in [1.807, 2.05) is 41.3 Å². The number of ether oxygens (including phenoxy) is 1. The number of hydrogen-bond donors (Lipinski definition) is 0. The van der Waals surface area contributed by atoms with Crippen LogP contribution >= 0.6 is 23.2 Å². The van der Waals surface area contributed by atoms with Crippen molar-refractivity contribution < 1.29 is 19.1 Å². The molecule has 7 rings (SSSR count). The molecule has 0 aromatic heterocycles. The Balaban J connectivity index is 1.56. The first-order valence-corrected chi connectivity index (χ1v) is 14.0. The zero-order chi connectivity index (χ0) is 28.5. The summed E-state index contributed by atoms with van der Waals surface area (Å²) in [6.07, 6.45) is 3.82. The Hall–Kier alpha value is -4.19. The van der Waals surface area contributed by atoms with Crippen LogP contribution in [0.4, 0.5) is 5.69 Å². The van der Waals surface area contributed by atoms with E-state index in [2.05, 4.69) is 0 Å². The number of carbonyl (C=O) groups excluding carboxylic acids is 3. The third-order valence-corrected chi connectivity index (χ3v) is 9.20. The quantitative estimate of drug-likeness (QED) is 0.187. The van der Waals surface area contributed by atoms with Crippen LogP contribution in [0.25, 0.3) is 6.08 Å². The molecule has 1 saturated heterocycles. The van der Waals surface area contributed by atoms with Gasteiger partial charge in [-0.2, -0.15) is 0 Å². The summed E-state index contributed by atoms with van der Waals surface area (Å²) < 4.78 is 5.42. The lowest BCUT2D eigenvalue weighted by Crippen LogP contribution is -2.48. The summed E-state index contributed by atoms with van der Waals surface area (Å²) in [7, 11) is 1.54. The number of fused-ring (bicyclic) bond motifs is 5. The molecule has 0 unspecified atom stereocenters. The fourth-order valence-corrected chi connectivity index (χ4v) is 7.49. The summed E-state index contributed by atoms with van der Waals surface area (Å²) in [6.45, 7) is 0. The number of benzene rings is 4. The van der Waals surface area contributed by atoms with E-state index in [0.717, 1.165) is 11.3 Å². The van der Waals surface area contributed by atoms with Crippen LogP contribution in [-0.4, -0.2) is 36.5 Å². The van der Waals surface area contributed by atoms with Crippen molar-refractivity contribution in [3.63, 3.8) is 0 Å². The highest BCUT2D eigenvalue weighted by Crippen LogP contribution is 2.61. The van der Waals surface area contributed by atoms with Crippen LogP contribution in [-0.2, 0) is 0 Å². The fourth-order valence-electron chi connectivity index (χ4n) is 6.96. The van der Waals surface area contributed by atoms with Gasteiger partial charge in [0, 0.05) is 38.3 Å². The largest absolute Gasteiger partial charge is 0.497 e. The predicted octanol–water partition coefficient (Wildman–Crippen LogP) is 7.32. The Labute approximate surface area is 247 Å². The van der Waals surface area contributed by atoms with Gasteiger partial charge in [0.1, 0.15) is 17.2 Å². The molecule has 41 heavy (non-hydrogen) atoms. The van der Waals surface area contributed by atoms with E-state index in [-0.39, 0.29) is 17.3 Å². The normalized spacial score (nSPS) is 21.5. The lowest BCUT2D eigenvalue weighted by atomic mass is 9.64. The standard InChI is InChI=1S/C34H23Cl2NO4/c1-41-22-9-6-8-20(17-22)31(38)30-29(25-15-14-21(35)18-26(25)36)34(32(39)23-10-3-4-11-24(23)33(34)40)28-16-13-19-7-2-5-12-27(19)37(28)30/h2-18,28-30H,1H3/t28-,29-,30+/m1/s1. The minimum Gasteiger partial charge on any atom is -0.497 e. The Bertz CT molecular complexity index is 1780. The molecule has 3 atom stereocenters. The van der Waals surface area contributed by atoms with Crippen molar-refractivity contribution in [1.82, 2.24) is 0 Å². The van der Waals surface area contributed by atoms with Crippen LogP contribution in [0.2, 0.25) is 10.0 Å². The van der Waals surface area contributed by atoms with Crippen LogP contribution < -0.4 is 9.64 Å².